The number of alkyl halides is 1. The van der Waals surface area contributed by atoms with Crippen LogP contribution in [0.2, 0.25) is 12.8 Å². The minimum absolute atomic E-state index is 0.0150. The Bertz CT molecular complexity index is 437. The molecule has 1 aliphatic carbocycles. The zero-order valence-corrected chi connectivity index (χ0v) is 20.7. The Hall–Kier alpha value is 0.624. The Morgan fingerprint density at radius 3 is 2.15 bits per heavy atom. The van der Waals surface area contributed by atoms with Crippen molar-refractivity contribution < 1.29 is 17.2 Å². The van der Waals surface area contributed by atoms with Gasteiger partial charge in [-0.15, -0.1) is 0 Å². The van der Waals surface area contributed by atoms with E-state index in [4.69, 9.17) is 12.3 Å². The molecule has 2 aliphatic rings. The number of nitrogens with zero attached hydrogens (tertiary/aromatic N) is 1. The molecular weight excluding hydrogens is 508 g/mol. The van der Waals surface area contributed by atoms with Crippen molar-refractivity contribution >= 4 is 42.0 Å². The number of hydrogen-bond acceptors (Lipinski definition) is 5. The van der Waals surface area contributed by atoms with Crippen molar-refractivity contribution in [3.8, 4) is 0 Å². The van der Waals surface area contributed by atoms with Crippen molar-refractivity contribution in [1.82, 2.24) is 0 Å². The number of halogens is 1. The van der Waals surface area contributed by atoms with Gasteiger partial charge < -0.3 is 0 Å². The summed E-state index contributed by atoms with van der Waals surface area (Å²) >= 11 is 0.189. The van der Waals surface area contributed by atoms with E-state index >= 15 is 0 Å². The second-order valence-corrected chi connectivity index (χ2v) is 21.2. The van der Waals surface area contributed by atoms with Gasteiger partial charge in [0.05, 0.1) is 0 Å². The molecule has 1 saturated carbocycles. The van der Waals surface area contributed by atoms with E-state index in [1.54, 1.807) is 0 Å². The van der Waals surface area contributed by atoms with Gasteiger partial charge in [0, 0.05) is 0 Å². The van der Waals surface area contributed by atoms with Gasteiger partial charge in [-0.1, -0.05) is 0 Å². The average Bonchev–Trinajstić information content (AvgIpc) is 2.66. The summed E-state index contributed by atoms with van der Waals surface area (Å²) in [4.78, 5) is 10.8. The molecule has 0 radical (unpaired) electrons. The van der Waals surface area contributed by atoms with E-state index in [-0.39, 0.29) is 18.1 Å². The van der Waals surface area contributed by atoms with E-state index in [1.165, 1.54) is 66.7 Å². The number of rotatable bonds is 10. The van der Waals surface area contributed by atoms with Crippen molar-refractivity contribution in [1.29, 1.82) is 0 Å². The van der Waals surface area contributed by atoms with Crippen LogP contribution in [0, 0.1) is 10.1 Å². The van der Waals surface area contributed by atoms with Gasteiger partial charge >= 0.3 is 171 Å². The number of hydrogen-bond donors (Lipinski definition) is 0. The summed E-state index contributed by atoms with van der Waals surface area (Å²) in [6.45, 7) is 4.44. The molecule has 0 atom stereocenters. The SMILES string of the molecule is CCC[CH2][Sn]([CH2]CCC)([O]B1OCC(Br)([N+](=O)[O-])CO1)[CH]1CCCCC1. The van der Waals surface area contributed by atoms with Crippen LogP contribution in [0.1, 0.15) is 71.6 Å². The fourth-order valence-electron chi connectivity index (χ4n) is 4.17. The molecule has 0 spiro atoms. The molecule has 6 nitrogen and oxygen atoms in total. The Balaban J connectivity index is 2.10. The van der Waals surface area contributed by atoms with E-state index in [0.29, 0.717) is 0 Å². The first-order valence-electron chi connectivity index (χ1n) is 10.2. The van der Waals surface area contributed by atoms with Gasteiger partial charge in [0.1, 0.15) is 0 Å². The first kappa shape index (κ1) is 22.9. The minimum atomic E-state index is -2.95. The van der Waals surface area contributed by atoms with E-state index < -0.39 is 30.6 Å². The molecule has 0 unspecified atom stereocenters. The Kier molecular flexibility index (Phi) is 9.67. The van der Waals surface area contributed by atoms with Crippen molar-refractivity contribution in [3.05, 3.63) is 10.1 Å². The monoisotopic (exact) mass is 541 g/mol. The standard InChI is InChI=1S/C6H11.2C4H9.C3H4BBrNO5.Sn/c1-2-4-6-5-3-1;2*1-3-4-2;5-3(6(8)9)1-10-4(7)11-2-3;/h1H,2-6H2;2*1,3-4H2,2H3;1-2H2;/q;;;-1;+1. The Labute approximate surface area is 171 Å². The predicted octanol–water partition coefficient (Wildman–Crippen LogP) is 5.28. The second kappa shape index (κ2) is 11.0. The zero-order valence-electron chi connectivity index (χ0n) is 16.2. The normalized spacial score (nSPS) is 21.7. The molecule has 0 aromatic rings. The first-order chi connectivity index (χ1) is 12.5. The average molecular weight is 541 g/mol. The van der Waals surface area contributed by atoms with Gasteiger partial charge in [0.15, 0.2) is 0 Å². The van der Waals surface area contributed by atoms with E-state index in [0.717, 1.165) is 3.93 Å². The number of nitro groups is 1. The van der Waals surface area contributed by atoms with Crippen LogP contribution in [0.15, 0.2) is 0 Å². The van der Waals surface area contributed by atoms with Crippen LogP contribution in [0.4, 0.5) is 0 Å². The fourth-order valence-corrected chi connectivity index (χ4v) is 19.8. The third kappa shape index (κ3) is 6.06. The third-order valence-electron chi connectivity index (χ3n) is 5.80. The van der Waals surface area contributed by atoms with Gasteiger partial charge in [-0.2, -0.15) is 0 Å². The number of unbranched alkanes of at least 4 members (excludes halogenated alkanes) is 2. The van der Waals surface area contributed by atoms with Gasteiger partial charge in [-0.3, -0.25) is 0 Å². The van der Waals surface area contributed by atoms with Crippen LogP contribution in [0.25, 0.3) is 0 Å². The van der Waals surface area contributed by atoms with Crippen LogP contribution in [0.5, 0.6) is 0 Å². The first-order valence-corrected chi connectivity index (χ1v) is 17.8. The van der Waals surface area contributed by atoms with Gasteiger partial charge in [-0.25, -0.2) is 0 Å². The molecule has 0 aromatic carbocycles. The Morgan fingerprint density at radius 1 is 1.15 bits per heavy atom. The quantitative estimate of drug-likeness (QED) is 0.124. The zero-order chi connectivity index (χ0) is 19.0. The van der Waals surface area contributed by atoms with Crippen molar-refractivity contribution in [3.63, 3.8) is 0 Å². The summed E-state index contributed by atoms with van der Waals surface area (Å²) in [6.07, 6.45) is 11.3. The summed E-state index contributed by atoms with van der Waals surface area (Å²) in [7, 11) is -0.716. The molecule has 9 heteroatoms. The fraction of sp³-hybridized carbons (Fsp3) is 1.00. The molecule has 0 N–H and O–H groups in total. The molecule has 0 amide bonds. The van der Waals surface area contributed by atoms with E-state index in [2.05, 4.69) is 29.8 Å². The van der Waals surface area contributed by atoms with E-state index in [1.807, 2.05) is 0 Å². The summed E-state index contributed by atoms with van der Waals surface area (Å²) < 4.78 is 19.9. The molecule has 1 saturated heterocycles. The van der Waals surface area contributed by atoms with Gasteiger partial charge in [-0.05, 0) is 0 Å². The summed E-state index contributed by atoms with van der Waals surface area (Å²) in [5.74, 6) is 0. The molecule has 2 fully saturated rings. The maximum atomic E-state index is 11.2. The molecule has 0 bridgehead atoms. The molecule has 26 heavy (non-hydrogen) atoms. The second-order valence-electron chi connectivity index (χ2n) is 7.81. The van der Waals surface area contributed by atoms with Crippen molar-refractivity contribution in [2.45, 2.75) is 88.9 Å². The summed E-state index contributed by atoms with van der Waals surface area (Å²) in [5.41, 5.74) is 0. The molecule has 1 heterocycles. The van der Waals surface area contributed by atoms with Crippen LogP contribution >= 0.6 is 15.9 Å². The topological polar surface area (TPSA) is 70.8 Å². The van der Waals surface area contributed by atoms with Crippen LogP contribution < -0.4 is 0 Å². The molecule has 150 valence electrons. The molecule has 0 aromatic heterocycles. The Morgan fingerprint density at radius 2 is 1.69 bits per heavy atom. The summed E-state index contributed by atoms with van der Waals surface area (Å²) in [5, 5.41) is 11.2. The molecule has 2 rings (SSSR count). The van der Waals surface area contributed by atoms with Crippen LogP contribution in [-0.2, 0) is 12.3 Å². The van der Waals surface area contributed by atoms with E-state index in [9.17, 15) is 10.1 Å². The van der Waals surface area contributed by atoms with Gasteiger partial charge in [0.2, 0.25) is 0 Å². The van der Waals surface area contributed by atoms with Gasteiger partial charge in [0.25, 0.3) is 0 Å². The summed E-state index contributed by atoms with van der Waals surface area (Å²) in [6, 6.07) is 0. The maximum absolute atomic E-state index is 11.2. The van der Waals surface area contributed by atoms with Crippen molar-refractivity contribution in [2.24, 2.45) is 0 Å². The van der Waals surface area contributed by atoms with Crippen LogP contribution in [0.3, 0.4) is 0 Å². The molecular formula is C17H33BBrNO5Sn. The molecule has 1 aliphatic heterocycles. The van der Waals surface area contributed by atoms with Crippen LogP contribution in [-0.4, -0.2) is 48.7 Å². The predicted molar refractivity (Wildman–Crippen MR) is 109 cm³/mol. The third-order valence-corrected chi connectivity index (χ3v) is 21.2. The van der Waals surface area contributed by atoms with Crippen molar-refractivity contribution in [2.75, 3.05) is 13.2 Å².